The standard InChI is InChI=1S/C10H13Cl2N7/c1-5(10-18-14-4-19(10)2)15-8-6(11)3-7(12)9(16-8)17-13/h3-5H,13H2,1-2H3,(H2,15,16,17). The molecule has 9 heteroatoms. The van der Waals surface area contributed by atoms with Crippen LogP contribution in [0.5, 0.6) is 0 Å². The lowest BCUT2D eigenvalue weighted by molar-refractivity contribution is 0.716. The number of anilines is 2. The Morgan fingerprint density at radius 2 is 2.00 bits per heavy atom. The molecule has 1 unspecified atom stereocenters. The molecule has 0 aliphatic heterocycles. The smallest absolute Gasteiger partial charge is 0.161 e. The van der Waals surface area contributed by atoms with Crippen LogP contribution in [0.3, 0.4) is 0 Å². The van der Waals surface area contributed by atoms with Gasteiger partial charge in [0.15, 0.2) is 11.6 Å². The molecule has 0 bridgehead atoms. The van der Waals surface area contributed by atoms with Gasteiger partial charge in [0, 0.05) is 7.05 Å². The zero-order valence-electron chi connectivity index (χ0n) is 10.4. The third-order valence-corrected chi connectivity index (χ3v) is 3.13. The Morgan fingerprint density at radius 1 is 1.32 bits per heavy atom. The number of hydrogen-bond acceptors (Lipinski definition) is 6. The Hall–Kier alpha value is -1.57. The van der Waals surface area contributed by atoms with Gasteiger partial charge in [0.1, 0.15) is 12.1 Å². The molecular weight excluding hydrogens is 289 g/mol. The topological polar surface area (TPSA) is 93.7 Å². The van der Waals surface area contributed by atoms with Crippen LogP contribution in [0, 0.1) is 0 Å². The molecule has 1 atom stereocenters. The molecule has 0 fully saturated rings. The number of halogens is 2. The molecule has 0 aliphatic rings. The van der Waals surface area contributed by atoms with Crippen LogP contribution >= 0.6 is 23.2 Å². The highest BCUT2D eigenvalue weighted by Gasteiger charge is 2.15. The molecule has 2 rings (SSSR count). The van der Waals surface area contributed by atoms with Crippen LogP contribution in [0.25, 0.3) is 0 Å². The Balaban J connectivity index is 2.26. The minimum atomic E-state index is -0.121. The average Bonchev–Trinajstić information content (AvgIpc) is 2.79. The second-order valence-corrected chi connectivity index (χ2v) is 4.77. The van der Waals surface area contributed by atoms with Gasteiger partial charge < -0.3 is 15.3 Å². The van der Waals surface area contributed by atoms with E-state index in [9.17, 15) is 0 Å². The number of nitrogens with one attached hydrogen (secondary N) is 2. The Morgan fingerprint density at radius 3 is 2.58 bits per heavy atom. The van der Waals surface area contributed by atoms with Crippen LogP contribution < -0.4 is 16.6 Å². The second kappa shape index (κ2) is 5.60. The summed E-state index contributed by atoms with van der Waals surface area (Å²) in [4.78, 5) is 4.20. The predicted octanol–water partition coefficient (Wildman–Crippen LogP) is 1.98. The molecule has 19 heavy (non-hydrogen) atoms. The normalized spacial score (nSPS) is 12.3. The van der Waals surface area contributed by atoms with E-state index in [1.165, 1.54) is 0 Å². The summed E-state index contributed by atoms with van der Waals surface area (Å²) in [5.74, 6) is 6.90. The molecule has 0 aliphatic carbocycles. The summed E-state index contributed by atoms with van der Waals surface area (Å²) < 4.78 is 1.81. The summed E-state index contributed by atoms with van der Waals surface area (Å²) in [5, 5.41) is 11.7. The summed E-state index contributed by atoms with van der Waals surface area (Å²) in [6, 6.07) is 1.45. The molecule has 102 valence electrons. The van der Waals surface area contributed by atoms with Crippen LogP contribution in [0.1, 0.15) is 18.8 Å². The highest BCUT2D eigenvalue weighted by Crippen LogP contribution is 2.30. The summed E-state index contributed by atoms with van der Waals surface area (Å²) in [5.41, 5.74) is 2.41. The van der Waals surface area contributed by atoms with Crippen LogP contribution in [0.2, 0.25) is 10.0 Å². The van der Waals surface area contributed by atoms with Crippen LogP contribution in [0.15, 0.2) is 12.4 Å². The van der Waals surface area contributed by atoms with Crippen LogP contribution in [-0.4, -0.2) is 19.7 Å². The summed E-state index contributed by atoms with van der Waals surface area (Å²) in [6.45, 7) is 1.92. The van der Waals surface area contributed by atoms with Crippen molar-refractivity contribution in [2.24, 2.45) is 12.9 Å². The van der Waals surface area contributed by atoms with E-state index >= 15 is 0 Å². The second-order valence-electron chi connectivity index (χ2n) is 3.96. The molecule has 0 spiro atoms. The fourth-order valence-corrected chi connectivity index (χ4v) is 2.09. The van der Waals surface area contributed by atoms with Gasteiger partial charge in [0.2, 0.25) is 0 Å². The van der Waals surface area contributed by atoms with Gasteiger partial charge in [-0.2, -0.15) is 0 Å². The van der Waals surface area contributed by atoms with E-state index < -0.39 is 0 Å². The fraction of sp³-hybridized carbons (Fsp3) is 0.300. The van der Waals surface area contributed by atoms with E-state index in [0.29, 0.717) is 21.7 Å². The van der Waals surface area contributed by atoms with Gasteiger partial charge in [0.25, 0.3) is 0 Å². The molecule has 4 N–H and O–H groups in total. The maximum atomic E-state index is 6.08. The van der Waals surface area contributed by atoms with Crippen molar-refractivity contribution in [2.75, 3.05) is 10.7 Å². The quantitative estimate of drug-likeness (QED) is 0.590. The van der Waals surface area contributed by atoms with Gasteiger partial charge in [-0.05, 0) is 13.0 Å². The molecule has 0 saturated heterocycles. The number of aryl methyl sites for hydroxylation is 1. The Bertz CT molecular complexity index is 583. The molecule has 2 heterocycles. The van der Waals surface area contributed by atoms with Crippen molar-refractivity contribution in [3.8, 4) is 0 Å². The van der Waals surface area contributed by atoms with Gasteiger partial charge in [-0.15, -0.1) is 10.2 Å². The minimum Gasteiger partial charge on any atom is -0.359 e. The van der Waals surface area contributed by atoms with Gasteiger partial charge in [-0.1, -0.05) is 23.2 Å². The first-order valence-electron chi connectivity index (χ1n) is 5.46. The van der Waals surface area contributed by atoms with Crippen molar-refractivity contribution < 1.29 is 0 Å². The molecule has 2 aromatic heterocycles. The van der Waals surface area contributed by atoms with Crippen molar-refractivity contribution in [3.63, 3.8) is 0 Å². The number of nitrogen functional groups attached to an aromatic ring is 1. The van der Waals surface area contributed by atoms with E-state index in [1.807, 2.05) is 18.5 Å². The van der Waals surface area contributed by atoms with E-state index in [4.69, 9.17) is 29.0 Å². The van der Waals surface area contributed by atoms with Crippen molar-refractivity contribution >= 4 is 34.8 Å². The number of nitrogens with two attached hydrogens (primary N) is 1. The molecule has 2 aromatic rings. The van der Waals surface area contributed by atoms with Crippen molar-refractivity contribution in [1.29, 1.82) is 0 Å². The van der Waals surface area contributed by atoms with Gasteiger partial charge in [0.05, 0.1) is 16.1 Å². The molecular formula is C10H13Cl2N7. The van der Waals surface area contributed by atoms with Gasteiger partial charge >= 0.3 is 0 Å². The molecule has 0 radical (unpaired) electrons. The van der Waals surface area contributed by atoms with E-state index in [0.717, 1.165) is 5.82 Å². The first-order valence-corrected chi connectivity index (χ1v) is 6.21. The maximum Gasteiger partial charge on any atom is 0.161 e. The Kier molecular flexibility index (Phi) is 4.08. The van der Waals surface area contributed by atoms with E-state index in [2.05, 4.69) is 25.9 Å². The van der Waals surface area contributed by atoms with Crippen molar-refractivity contribution in [2.45, 2.75) is 13.0 Å². The highest BCUT2D eigenvalue weighted by atomic mass is 35.5. The number of hydrogen-bond donors (Lipinski definition) is 3. The zero-order chi connectivity index (χ0) is 14.0. The molecule has 0 aromatic carbocycles. The first-order chi connectivity index (χ1) is 9.02. The third kappa shape index (κ3) is 2.89. The van der Waals surface area contributed by atoms with Crippen molar-refractivity contribution in [1.82, 2.24) is 19.7 Å². The first kappa shape index (κ1) is 13.9. The lowest BCUT2D eigenvalue weighted by Gasteiger charge is -2.15. The lowest BCUT2D eigenvalue weighted by atomic mass is 10.3. The SMILES string of the molecule is CC(Nc1nc(NN)c(Cl)cc1Cl)c1nncn1C. The summed E-state index contributed by atoms with van der Waals surface area (Å²) in [6.07, 6.45) is 1.62. The monoisotopic (exact) mass is 301 g/mol. The highest BCUT2D eigenvalue weighted by molar-refractivity contribution is 6.37. The van der Waals surface area contributed by atoms with Crippen LogP contribution in [0.4, 0.5) is 11.6 Å². The molecule has 7 nitrogen and oxygen atoms in total. The third-order valence-electron chi connectivity index (χ3n) is 2.55. The van der Waals surface area contributed by atoms with Gasteiger partial charge in [-0.3, -0.25) is 0 Å². The Labute approximate surface area is 120 Å². The van der Waals surface area contributed by atoms with E-state index in [-0.39, 0.29) is 6.04 Å². The predicted molar refractivity (Wildman–Crippen MR) is 75.1 cm³/mol. The number of hydrazine groups is 1. The van der Waals surface area contributed by atoms with Crippen molar-refractivity contribution in [3.05, 3.63) is 28.3 Å². The molecule has 0 saturated carbocycles. The maximum absolute atomic E-state index is 6.08. The van der Waals surface area contributed by atoms with E-state index in [1.54, 1.807) is 12.4 Å². The lowest BCUT2D eigenvalue weighted by Crippen LogP contribution is -2.15. The largest absolute Gasteiger partial charge is 0.359 e. The van der Waals surface area contributed by atoms with Crippen LogP contribution in [-0.2, 0) is 7.05 Å². The summed E-state index contributed by atoms with van der Waals surface area (Å²) >= 11 is 12.0. The van der Waals surface area contributed by atoms with Gasteiger partial charge in [-0.25, -0.2) is 10.8 Å². The molecule has 0 amide bonds. The zero-order valence-corrected chi connectivity index (χ0v) is 11.9. The fourth-order valence-electron chi connectivity index (χ4n) is 1.62. The number of aromatic nitrogens is 4. The average molecular weight is 302 g/mol. The number of nitrogens with zero attached hydrogens (tertiary/aromatic N) is 4. The summed E-state index contributed by atoms with van der Waals surface area (Å²) in [7, 11) is 1.86. The minimum absolute atomic E-state index is 0.121. The number of rotatable bonds is 4. The number of pyridine rings is 1.